The lowest BCUT2D eigenvalue weighted by Crippen LogP contribution is -1.87. The van der Waals surface area contributed by atoms with Gasteiger partial charge in [0.1, 0.15) is 0 Å². The summed E-state index contributed by atoms with van der Waals surface area (Å²) in [4.78, 5) is 2.32. The highest BCUT2D eigenvalue weighted by Gasteiger charge is 2.09. The SMILES string of the molecule is Cc1ccc(-c2nnc3cc(C#N)ccn23)s1. The van der Waals surface area contributed by atoms with Gasteiger partial charge in [0.2, 0.25) is 0 Å². The van der Waals surface area contributed by atoms with Gasteiger partial charge in [0.15, 0.2) is 11.5 Å². The summed E-state index contributed by atoms with van der Waals surface area (Å²) in [5, 5.41) is 17.1. The molecule has 4 nitrogen and oxygen atoms in total. The number of hydrogen-bond acceptors (Lipinski definition) is 4. The third-order valence-corrected chi connectivity index (χ3v) is 3.50. The van der Waals surface area contributed by atoms with E-state index in [-0.39, 0.29) is 0 Å². The van der Waals surface area contributed by atoms with E-state index in [4.69, 9.17) is 5.26 Å². The number of nitriles is 1. The van der Waals surface area contributed by atoms with Gasteiger partial charge in [0, 0.05) is 17.1 Å². The molecule has 0 unspecified atom stereocenters. The minimum absolute atomic E-state index is 0.596. The second-order valence-electron chi connectivity index (χ2n) is 3.69. The molecular formula is C12H8N4S. The Hall–Kier alpha value is -2.19. The lowest BCUT2D eigenvalue weighted by atomic mass is 10.3. The zero-order valence-electron chi connectivity index (χ0n) is 9.08. The van der Waals surface area contributed by atoms with Gasteiger partial charge >= 0.3 is 0 Å². The number of fused-ring (bicyclic) bond motifs is 1. The van der Waals surface area contributed by atoms with Crippen LogP contribution >= 0.6 is 11.3 Å². The first kappa shape index (κ1) is 10.00. The van der Waals surface area contributed by atoms with Crippen LogP contribution in [0.4, 0.5) is 0 Å². The topological polar surface area (TPSA) is 54.0 Å². The van der Waals surface area contributed by atoms with Crippen LogP contribution in [0.2, 0.25) is 0 Å². The number of aryl methyl sites for hydroxylation is 1. The molecule has 3 aromatic heterocycles. The Labute approximate surface area is 102 Å². The summed E-state index contributed by atoms with van der Waals surface area (Å²) in [7, 11) is 0. The van der Waals surface area contributed by atoms with Crippen LogP contribution in [0.1, 0.15) is 10.4 Å². The van der Waals surface area contributed by atoms with Gasteiger partial charge in [-0.3, -0.25) is 4.40 Å². The Bertz CT molecular complexity index is 732. The Morgan fingerprint density at radius 1 is 1.29 bits per heavy atom. The van der Waals surface area contributed by atoms with E-state index in [1.165, 1.54) is 4.88 Å². The van der Waals surface area contributed by atoms with Gasteiger partial charge in [-0.25, -0.2) is 0 Å². The fraction of sp³-hybridized carbons (Fsp3) is 0.0833. The van der Waals surface area contributed by atoms with Crippen molar-refractivity contribution < 1.29 is 0 Å². The lowest BCUT2D eigenvalue weighted by molar-refractivity contribution is 1.12. The third kappa shape index (κ3) is 1.59. The van der Waals surface area contributed by atoms with Crippen LogP contribution in [-0.2, 0) is 0 Å². The third-order valence-electron chi connectivity index (χ3n) is 2.50. The smallest absolute Gasteiger partial charge is 0.178 e. The normalized spacial score (nSPS) is 10.6. The molecule has 3 heterocycles. The molecule has 0 aromatic carbocycles. The summed E-state index contributed by atoms with van der Waals surface area (Å²) in [6, 6.07) is 9.69. The number of thiophene rings is 1. The summed E-state index contributed by atoms with van der Waals surface area (Å²) >= 11 is 1.68. The number of nitrogens with zero attached hydrogens (tertiary/aromatic N) is 4. The molecule has 0 aliphatic carbocycles. The van der Waals surface area contributed by atoms with Crippen LogP contribution in [0.25, 0.3) is 16.3 Å². The van der Waals surface area contributed by atoms with E-state index in [1.54, 1.807) is 23.5 Å². The average Bonchev–Trinajstić information content (AvgIpc) is 2.93. The first-order chi connectivity index (χ1) is 8.28. The number of pyridine rings is 1. The summed E-state index contributed by atoms with van der Waals surface area (Å²) in [5.41, 5.74) is 1.30. The fourth-order valence-corrected chi connectivity index (χ4v) is 2.53. The van der Waals surface area contributed by atoms with Crippen molar-refractivity contribution in [1.82, 2.24) is 14.6 Å². The largest absolute Gasteiger partial charge is 0.282 e. The summed E-state index contributed by atoms with van der Waals surface area (Å²) in [5.74, 6) is 0.822. The van der Waals surface area contributed by atoms with E-state index in [9.17, 15) is 0 Å². The average molecular weight is 240 g/mol. The maximum Gasteiger partial charge on any atom is 0.178 e. The molecule has 0 bridgehead atoms. The van der Waals surface area contributed by atoms with Gasteiger partial charge in [-0.2, -0.15) is 5.26 Å². The van der Waals surface area contributed by atoms with Crippen LogP contribution in [0.3, 0.4) is 0 Å². The van der Waals surface area contributed by atoms with Crippen LogP contribution in [-0.4, -0.2) is 14.6 Å². The first-order valence-electron chi connectivity index (χ1n) is 5.09. The molecular weight excluding hydrogens is 232 g/mol. The van der Waals surface area contributed by atoms with Crippen molar-refractivity contribution >= 4 is 17.0 Å². The summed E-state index contributed by atoms with van der Waals surface area (Å²) < 4.78 is 1.89. The highest BCUT2D eigenvalue weighted by Crippen LogP contribution is 2.26. The molecule has 0 radical (unpaired) electrons. The Morgan fingerprint density at radius 2 is 2.18 bits per heavy atom. The van der Waals surface area contributed by atoms with Crippen LogP contribution in [0, 0.1) is 18.3 Å². The van der Waals surface area contributed by atoms with E-state index < -0.39 is 0 Å². The molecule has 0 atom stereocenters. The minimum Gasteiger partial charge on any atom is -0.282 e. The van der Waals surface area contributed by atoms with Crippen molar-refractivity contribution in [2.24, 2.45) is 0 Å². The number of hydrogen-bond donors (Lipinski definition) is 0. The van der Waals surface area contributed by atoms with E-state index in [0.29, 0.717) is 11.2 Å². The fourth-order valence-electron chi connectivity index (χ4n) is 1.68. The van der Waals surface area contributed by atoms with E-state index in [2.05, 4.69) is 29.3 Å². The van der Waals surface area contributed by atoms with Crippen molar-refractivity contribution in [1.29, 1.82) is 5.26 Å². The van der Waals surface area contributed by atoms with Gasteiger partial charge in [-0.05, 0) is 25.1 Å². The second kappa shape index (κ2) is 3.68. The molecule has 0 aliphatic rings. The molecule has 17 heavy (non-hydrogen) atoms. The standard InChI is InChI=1S/C12H8N4S/c1-8-2-3-10(17-8)12-15-14-11-6-9(7-13)4-5-16(11)12/h2-6H,1H3. The van der Waals surface area contributed by atoms with Crippen molar-refractivity contribution in [3.63, 3.8) is 0 Å². The zero-order valence-corrected chi connectivity index (χ0v) is 9.90. The maximum atomic E-state index is 8.82. The highest BCUT2D eigenvalue weighted by molar-refractivity contribution is 7.15. The number of aromatic nitrogens is 3. The first-order valence-corrected chi connectivity index (χ1v) is 5.91. The zero-order chi connectivity index (χ0) is 11.8. The Morgan fingerprint density at radius 3 is 2.88 bits per heavy atom. The summed E-state index contributed by atoms with van der Waals surface area (Å²) in [6.07, 6.45) is 1.83. The Kier molecular flexibility index (Phi) is 2.16. The molecule has 3 aromatic rings. The molecule has 0 amide bonds. The molecule has 0 saturated heterocycles. The molecule has 0 saturated carbocycles. The molecule has 82 valence electrons. The van der Waals surface area contributed by atoms with E-state index >= 15 is 0 Å². The molecule has 0 fully saturated rings. The van der Waals surface area contributed by atoms with Gasteiger partial charge in [-0.15, -0.1) is 21.5 Å². The molecule has 3 rings (SSSR count). The van der Waals surface area contributed by atoms with Crippen molar-refractivity contribution in [3.05, 3.63) is 40.9 Å². The monoisotopic (exact) mass is 240 g/mol. The van der Waals surface area contributed by atoms with Crippen LogP contribution in [0.5, 0.6) is 0 Å². The van der Waals surface area contributed by atoms with Crippen LogP contribution in [0.15, 0.2) is 30.5 Å². The predicted molar refractivity (Wildman–Crippen MR) is 65.8 cm³/mol. The van der Waals surface area contributed by atoms with Crippen molar-refractivity contribution in [2.75, 3.05) is 0 Å². The molecule has 0 N–H and O–H groups in total. The lowest BCUT2D eigenvalue weighted by Gasteiger charge is -1.96. The molecule has 0 spiro atoms. The van der Waals surface area contributed by atoms with Crippen molar-refractivity contribution in [3.8, 4) is 16.8 Å². The van der Waals surface area contributed by atoms with Gasteiger partial charge in [-0.1, -0.05) is 0 Å². The van der Waals surface area contributed by atoms with Gasteiger partial charge in [0.25, 0.3) is 0 Å². The van der Waals surface area contributed by atoms with Gasteiger partial charge < -0.3 is 0 Å². The second-order valence-corrected chi connectivity index (χ2v) is 4.98. The molecule has 5 heteroatoms. The van der Waals surface area contributed by atoms with Crippen LogP contribution < -0.4 is 0 Å². The predicted octanol–water partition coefficient (Wildman–Crippen LogP) is 2.64. The summed E-state index contributed by atoms with van der Waals surface area (Å²) in [6.45, 7) is 2.06. The minimum atomic E-state index is 0.596. The van der Waals surface area contributed by atoms with Gasteiger partial charge in [0.05, 0.1) is 16.5 Å². The quantitative estimate of drug-likeness (QED) is 0.657. The highest BCUT2D eigenvalue weighted by atomic mass is 32.1. The van der Waals surface area contributed by atoms with Crippen molar-refractivity contribution in [2.45, 2.75) is 6.92 Å². The maximum absolute atomic E-state index is 8.82. The van der Waals surface area contributed by atoms with E-state index in [1.807, 2.05) is 16.7 Å². The molecule has 0 aliphatic heterocycles. The van der Waals surface area contributed by atoms with E-state index in [0.717, 1.165) is 10.7 Å². The Balaban J connectivity index is 2.22. The number of rotatable bonds is 1.